The van der Waals surface area contributed by atoms with E-state index in [1.165, 1.54) is 21.1 Å². The van der Waals surface area contributed by atoms with E-state index in [0.29, 0.717) is 4.88 Å². The van der Waals surface area contributed by atoms with Crippen LogP contribution in [0.3, 0.4) is 0 Å². The Hall–Kier alpha value is -2.64. The van der Waals surface area contributed by atoms with Crippen LogP contribution in [0.2, 0.25) is 17.3 Å². The Balaban J connectivity index is 1.81. The maximum atomic E-state index is 14.6. The summed E-state index contributed by atoms with van der Waals surface area (Å²) in [7, 11) is 0. The summed E-state index contributed by atoms with van der Waals surface area (Å²) in [5.41, 5.74) is 2.17. The van der Waals surface area contributed by atoms with E-state index in [9.17, 15) is 13.2 Å². The number of nitrogens with zero attached hydrogens (tertiary/aromatic N) is 1. The van der Waals surface area contributed by atoms with Crippen LogP contribution in [0.1, 0.15) is 5.56 Å². The van der Waals surface area contributed by atoms with E-state index < -0.39 is 30.7 Å². The molecule has 0 saturated heterocycles. The van der Waals surface area contributed by atoms with Crippen LogP contribution >= 0.6 is 11.3 Å². The summed E-state index contributed by atoms with van der Waals surface area (Å²) in [4.78, 5) is 5.08. The molecule has 0 spiro atoms. The van der Waals surface area contributed by atoms with Crippen LogP contribution < -0.4 is 4.40 Å². The van der Waals surface area contributed by atoms with Gasteiger partial charge in [0, 0.05) is 0 Å². The van der Waals surface area contributed by atoms with Crippen LogP contribution in [-0.2, 0) is 0 Å². The molecule has 0 bridgehead atoms. The Morgan fingerprint density at radius 2 is 1.58 bits per heavy atom. The van der Waals surface area contributed by atoms with Gasteiger partial charge in [0.15, 0.2) is 0 Å². The fourth-order valence-corrected chi connectivity index (χ4v) is 9.16. The minimum absolute atomic E-state index is 0.316. The van der Waals surface area contributed by atoms with Gasteiger partial charge in [0.1, 0.15) is 0 Å². The van der Waals surface area contributed by atoms with Gasteiger partial charge in [0.25, 0.3) is 0 Å². The summed E-state index contributed by atoms with van der Waals surface area (Å²) >= 11 is -0.969. The second-order valence-electron chi connectivity index (χ2n) is 9.31. The summed E-state index contributed by atoms with van der Waals surface area (Å²) < 4.78 is 45.4. The third kappa shape index (κ3) is 3.67. The van der Waals surface area contributed by atoms with Gasteiger partial charge >= 0.3 is 198 Å². The predicted molar refractivity (Wildman–Crippen MR) is 136 cm³/mol. The van der Waals surface area contributed by atoms with Crippen molar-refractivity contribution in [3.63, 3.8) is 0 Å². The maximum absolute atomic E-state index is 14.6. The van der Waals surface area contributed by atoms with Gasteiger partial charge in [-0.25, -0.2) is 0 Å². The van der Waals surface area contributed by atoms with Crippen LogP contribution in [-0.4, -0.2) is 18.3 Å². The fraction of sp³-hybridized carbons (Fsp3) is 0.148. The van der Waals surface area contributed by atoms with Crippen LogP contribution in [0.25, 0.3) is 42.6 Å². The van der Waals surface area contributed by atoms with Crippen LogP contribution in [0, 0.1) is 24.4 Å². The molecule has 33 heavy (non-hydrogen) atoms. The Morgan fingerprint density at radius 3 is 2.33 bits per heavy atom. The molecule has 166 valence electrons. The van der Waals surface area contributed by atoms with E-state index in [0.717, 1.165) is 44.4 Å². The van der Waals surface area contributed by atoms with Gasteiger partial charge in [0.2, 0.25) is 0 Å². The van der Waals surface area contributed by atoms with E-state index in [2.05, 4.69) is 52.6 Å². The van der Waals surface area contributed by atoms with Gasteiger partial charge in [-0.3, -0.25) is 0 Å². The quantitative estimate of drug-likeness (QED) is 0.173. The summed E-state index contributed by atoms with van der Waals surface area (Å²) in [6, 6.07) is 16.4. The van der Waals surface area contributed by atoms with E-state index in [-0.39, 0.29) is 5.56 Å². The van der Waals surface area contributed by atoms with Gasteiger partial charge in [-0.15, -0.1) is 0 Å². The number of fused-ring (bicyclic) bond motifs is 2. The molecule has 0 unspecified atom stereocenters. The van der Waals surface area contributed by atoms with Crippen molar-refractivity contribution in [3.05, 3.63) is 83.8 Å². The summed E-state index contributed by atoms with van der Waals surface area (Å²) in [6.07, 6.45) is 1.73. The molecule has 2 heterocycles. The zero-order chi connectivity index (χ0) is 23.5. The second-order valence-corrected chi connectivity index (χ2v) is 20.9. The molecule has 0 radical (unpaired) electrons. The van der Waals surface area contributed by atoms with Crippen molar-refractivity contribution < 1.29 is 13.2 Å². The Bertz CT molecular complexity index is 1550. The second kappa shape index (κ2) is 7.99. The molecule has 0 fully saturated rings. The number of halogens is 3. The van der Waals surface area contributed by atoms with Gasteiger partial charge in [0.05, 0.1) is 0 Å². The Labute approximate surface area is 197 Å². The van der Waals surface area contributed by atoms with Gasteiger partial charge in [-0.2, -0.15) is 0 Å². The van der Waals surface area contributed by atoms with Crippen molar-refractivity contribution in [1.29, 1.82) is 0 Å². The number of thiophene rings is 1. The third-order valence-corrected chi connectivity index (χ3v) is 11.7. The topological polar surface area (TPSA) is 12.9 Å². The van der Waals surface area contributed by atoms with Crippen molar-refractivity contribution in [1.82, 2.24) is 4.98 Å². The average molecular weight is 522 g/mol. The van der Waals surface area contributed by atoms with Gasteiger partial charge < -0.3 is 0 Å². The molecule has 5 rings (SSSR count). The predicted octanol–water partition coefficient (Wildman–Crippen LogP) is 8.05. The molecule has 6 heteroatoms. The zero-order valence-corrected chi connectivity index (χ0v) is 21.7. The van der Waals surface area contributed by atoms with E-state index in [4.69, 9.17) is 0 Å². The van der Waals surface area contributed by atoms with E-state index >= 15 is 0 Å². The SMILES string of the molecule is Cc1c(-c2c(F)ccc(F)c2F)sc2c(-c3c[c]([Ge]([CH3])([CH3])[CH3])c4ccccc4c3)nccc12. The molecule has 2 aromatic heterocycles. The Morgan fingerprint density at radius 1 is 0.848 bits per heavy atom. The first-order chi connectivity index (χ1) is 15.7. The van der Waals surface area contributed by atoms with Crippen molar-refractivity contribution in [2.24, 2.45) is 0 Å². The molecular weight excluding hydrogens is 500 g/mol. The summed E-state index contributed by atoms with van der Waals surface area (Å²) in [6.45, 7) is 1.82. The molecule has 0 aliphatic carbocycles. The van der Waals surface area contributed by atoms with Crippen molar-refractivity contribution in [2.75, 3.05) is 0 Å². The molecule has 1 nitrogen and oxygen atoms in total. The number of aromatic nitrogens is 1. The third-order valence-electron chi connectivity index (χ3n) is 6.07. The number of hydrogen-bond acceptors (Lipinski definition) is 2. The average Bonchev–Trinajstić information content (AvgIpc) is 3.11. The van der Waals surface area contributed by atoms with E-state index in [1.54, 1.807) is 6.20 Å². The first-order valence-electron chi connectivity index (χ1n) is 10.7. The van der Waals surface area contributed by atoms with Gasteiger partial charge in [-0.1, -0.05) is 0 Å². The number of hydrogen-bond donors (Lipinski definition) is 0. The van der Waals surface area contributed by atoms with Crippen LogP contribution in [0.4, 0.5) is 13.2 Å². The first kappa shape index (κ1) is 22.2. The van der Waals surface area contributed by atoms with Crippen molar-refractivity contribution in [2.45, 2.75) is 24.2 Å². The number of aryl methyl sites for hydroxylation is 1. The van der Waals surface area contributed by atoms with Crippen molar-refractivity contribution in [3.8, 4) is 21.7 Å². The number of rotatable bonds is 3. The number of benzene rings is 3. The molecule has 3 aromatic carbocycles. The van der Waals surface area contributed by atoms with Crippen molar-refractivity contribution >= 4 is 49.9 Å². The molecule has 0 N–H and O–H groups in total. The molecular formula is C27H22F3GeNS. The molecule has 0 aliphatic rings. The first-order valence-corrected chi connectivity index (χ1v) is 18.9. The van der Waals surface area contributed by atoms with E-state index in [1.807, 2.05) is 19.1 Å². The van der Waals surface area contributed by atoms with Crippen LogP contribution in [0.15, 0.2) is 60.8 Å². The normalized spacial score (nSPS) is 12.1. The van der Waals surface area contributed by atoms with Crippen LogP contribution in [0.5, 0.6) is 0 Å². The molecule has 0 atom stereocenters. The van der Waals surface area contributed by atoms with Gasteiger partial charge in [-0.05, 0) is 0 Å². The fourth-order valence-electron chi connectivity index (χ4n) is 4.39. The standard InChI is InChI=1S/C27H22F3GeNS/c1-15-18-11-12-32-25(27(18)33-26(15)23-20(28)9-10-21(29)24(23)30)17-13-16-7-5-6-8-19(16)22(14-17)31(2,3)4/h5-14H,1-4H3. The minimum atomic E-state index is -2.23. The molecule has 0 aliphatic heterocycles. The summed E-state index contributed by atoms with van der Waals surface area (Å²) in [5, 5.41) is 3.29. The molecule has 0 saturated carbocycles. The summed E-state index contributed by atoms with van der Waals surface area (Å²) in [5.74, 6) is 4.10. The molecule has 5 aromatic rings. The Kier molecular flexibility index (Phi) is 5.37. The zero-order valence-electron chi connectivity index (χ0n) is 18.8. The monoisotopic (exact) mass is 523 g/mol. The number of pyridine rings is 1. The molecule has 0 amide bonds.